The summed E-state index contributed by atoms with van der Waals surface area (Å²) in [6.07, 6.45) is 3.86. The minimum Gasteiger partial charge on any atom is -0.387 e. The molecular weight excluding hydrogens is 316 g/mol. The van der Waals surface area contributed by atoms with Gasteiger partial charge in [0, 0.05) is 6.54 Å². The molecule has 1 heterocycles. The third kappa shape index (κ3) is 3.70. The molecule has 0 fully saturated rings. The van der Waals surface area contributed by atoms with E-state index in [4.69, 9.17) is 0 Å². The summed E-state index contributed by atoms with van der Waals surface area (Å²) in [5.74, 6) is 0. The first kappa shape index (κ1) is 15.3. The lowest BCUT2D eigenvalue weighted by atomic mass is 10.0. The number of aromatic nitrogens is 2. The largest absolute Gasteiger partial charge is 0.387 e. The topological polar surface area (TPSA) is 38.0 Å². The van der Waals surface area contributed by atoms with Gasteiger partial charge in [-0.15, -0.1) is 0 Å². The number of aliphatic hydroxyl groups excluding tert-OH is 1. The fourth-order valence-corrected chi connectivity index (χ4v) is 2.96. The van der Waals surface area contributed by atoms with Crippen LogP contribution >= 0.6 is 15.9 Å². The normalized spacial score (nSPS) is 12.6. The maximum atomic E-state index is 10.4. The lowest BCUT2D eigenvalue weighted by molar-refractivity contribution is 0.155. The van der Waals surface area contributed by atoms with Gasteiger partial charge in [0.1, 0.15) is 0 Å². The Bertz CT molecular complexity index is 565. The highest BCUT2D eigenvalue weighted by Gasteiger charge is 2.17. The monoisotopic (exact) mass is 336 g/mol. The van der Waals surface area contributed by atoms with Gasteiger partial charge in [0.25, 0.3) is 0 Å². The molecule has 0 spiro atoms. The molecule has 2 aromatic rings. The predicted molar refractivity (Wildman–Crippen MR) is 84.7 cm³/mol. The number of aliphatic hydroxyl groups is 1. The Kier molecular flexibility index (Phi) is 5.38. The summed E-state index contributed by atoms with van der Waals surface area (Å²) >= 11 is 3.48. The minimum atomic E-state index is -0.487. The van der Waals surface area contributed by atoms with Crippen LogP contribution in [0, 0.1) is 6.92 Å². The van der Waals surface area contributed by atoms with Crippen molar-refractivity contribution in [3.63, 3.8) is 0 Å². The first-order valence-corrected chi connectivity index (χ1v) is 7.86. The van der Waals surface area contributed by atoms with Crippen molar-refractivity contribution in [3.8, 4) is 0 Å². The summed E-state index contributed by atoms with van der Waals surface area (Å²) in [4.78, 5) is 0. The maximum Gasteiger partial charge on any atom is 0.0971 e. The molecule has 3 nitrogen and oxygen atoms in total. The molecule has 0 radical (unpaired) electrons. The standard InChI is InChI=1S/C16H21BrN2O/c1-3-9-19-16(14(17)11-18-19)15(20)8-7-13-6-4-5-12(2)10-13/h4-6,10-11,15,20H,3,7-9H2,1-2H3. The highest BCUT2D eigenvalue weighted by molar-refractivity contribution is 9.10. The van der Waals surface area contributed by atoms with Crippen LogP contribution in [0.4, 0.5) is 0 Å². The summed E-state index contributed by atoms with van der Waals surface area (Å²) in [7, 11) is 0. The second-order valence-corrected chi connectivity index (χ2v) is 6.00. The van der Waals surface area contributed by atoms with E-state index in [1.54, 1.807) is 6.20 Å². The van der Waals surface area contributed by atoms with E-state index < -0.39 is 6.10 Å². The smallest absolute Gasteiger partial charge is 0.0971 e. The first-order chi connectivity index (χ1) is 9.61. The van der Waals surface area contributed by atoms with Crippen molar-refractivity contribution in [2.75, 3.05) is 0 Å². The van der Waals surface area contributed by atoms with E-state index in [9.17, 15) is 5.11 Å². The highest BCUT2D eigenvalue weighted by atomic mass is 79.9. The zero-order valence-corrected chi connectivity index (χ0v) is 13.6. The Labute approximate surface area is 128 Å². The Hall–Kier alpha value is -1.13. The van der Waals surface area contributed by atoms with Gasteiger partial charge in [-0.05, 0) is 47.7 Å². The number of rotatable bonds is 6. The van der Waals surface area contributed by atoms with Crippen LogP contribution in [0.3, 0.4) is 0 Å². The van der Waals surface area contributed by atoms with Gasteiger partial charge in [-0.25, -0.2) is 0 Å². The zero-order valence-electron chi connectivity index (χ0n) is 12.0. The second-order valence-electron chi connectivity index (χ2n) is 5.14. The average molecular weight is 337 g/mol. The molecule has 1 N–H and O–H groups in total. The molecule has 1 aromatic heterocycles. The van der Waals surface area contributed by atoms with Crippen molar-refractivity contribution in [2.45, 2.75) is 45.8 Å². The molecule has 108 valence electrons. The molecule has 0 aliphatic rings. The molecular formula is C16H21BrN2O. The van der Waals surface area contributed by atoms with Gasteiger partial charge in [0.15, 0.2) is 0 Å². The molecule has 1 aromatic carbocycles. The third-order valence-corrected chi connectivity index (χ3v) is 3.98. The molecule has 0 bridgehead atoms. The van der Waals surface area contributed by atoms with Crippen molar-refractivity contribution < 1.29 is 5.11 Å². The molecule has 1 unspecified atom stereocenters. The molecule has 2 rings (SSSR count). The number of aryl methyl sites for hydroxylation is 3. The Balaban J connectivity index is 2.05. The van der Waals surface area contributed by atoms with Crippen molar-refractivity contribution >= 4 is 15.9 Å². The van der Waals surface area contributed by atoms with Crippen LogP contribution in [0.2, 0.25) is 0 Å². The summed E-state index contributed by atoms with van der Waals surface area (Å²) in [5, 5.41) is 14.7. The summed E-state index contributed by atoms with van der Waals surface area (Å²) < 4.78 is 2.79. The third-order valence-electron chi connectivity index (χ3n) is 3.37. The first-order valence-electron chi connectivity index (χ1n) is 7.06. The summed E-state index contributed by atoms with van der Waals surface area (Å²) in [6, 6.07) is 8.43. The maximum absolute atomic E-state index is 10.4. The van der Waals surface area contributed by atoms with E-state index in [-0.39, 0.29) is 0 Å². The zero-order chi connectivity index (χ0) is 14.5. The van der Waals surface area contributed by atoms with Crippen molar-refractivity contribution in [2.24, 2.45) is 0 Å². The Morgan fingerprint density at radius 3 is 2.90 bits per heavy atom. The van der Waals surface area contributed by atoms with E-state index in [0.29, 0.717) is 6.42 Å². The van der Waals surface area contributed by atoms with Crippen LogP contribution in [0.15, 0.2) is 34.9 Å². The highest BCUT2D eigenvalue weighted by Crippen LogP contribution is 2.27. The minimum absolute atomic E-state index is 0.487. The van der Waals surface area contributed by atoms with Gasteiger partial charge >= 0.3 is 0 Å². The summed E-state index contributed by atoms with van der Waals surface area (Å²) in [6.45, 7) is 5.04. The van der Waals surface area contributed by atoms with E-state index in [1.165, 1.54) is 11.1 Å². The summed E-state index contributed by atoms with van der Waals surface area (Å²) in [5.41, 5.74) is 3.41. The molecule has 1 atom stereocenters. The molecule has 4 heteroatoms. The van der Waals surface area contributed by atoms with E-state index >= 15 is 0 Å². The van der Waals surface area contributed by atoms with Crippen molar-refractivity contribution in [3.05, 3.63) is 51.8 Å². The van der Waals surface area contributed by atoms with Crippen LogP contribution in [-0.2, 0) is 13.0 Å². The molecule has 0 aliphatic heterocycles. The number of hydrogen-bond acceptors (Lipinski definition) is 2. The Morgan fingerprint density at radius 2 is 2.20 bits per heavy atom. The van der Waals surface area contributed by atoms with Crippen LogP contribution in [0.5, 0.6) is 0 Å². The van der Waals surface area contributed by atoms with Gasteiger partial charge in [-0.2, -0.15) is 5.10 Å². The number of hydrogen-bond donors (Lipinski definition) is 1. The molecule has 0 amide bonds. The quantitative estimate of drug-likeness (QED) is 0.864. The van der Waals surface area contributed by atoms with E-state index in [2.05, 4.69) is 59.1 Å². The SMILES string of the molecule is CCCn1ncc(Br)c1C(O)CCc1cccc(C)c1. The second kappa shape index (κ2) is 7.04. The molecule has 0 saturated carbocycles. The van der Waals surface area contributed by atoms with Crippen molar-refractivity contribution in [1.29, 1.82) is 0 Å². The van der Waals surface area contributed by atoms with Gasteiger partial charge in [0.2, 0.25) is 0 Å². The van der Waals surface area contributed by atoms with Crippen LogP contribution < -0.4 is 0 Å². The van der Waals surface area contributed by atoms with Crippen LogP contribution in [0.1, 0.15) is 42.7 Å². The van der Waals surface area contributed by atoms with E-state index in [1.807, 2.05) is 4.68 Å². The predicted octanol–water partition coefficient (Wildman–Crippen LogP) is 4.03. The fraction of sp³-hybridized carbons (Fsp3) is 0.438. The lowest BCUT2D eigenvalue weighted by Gasteiger charge is -2.14. The van der Waals surface area contributed by atoms with Crippen LogP contribution in [0.25, 0.3) is 0 Å². The van der Waals surface area contributed by atoms with Gasteiger partial charge in [-0.1, -0.05) is 36.8 Å². The molecule has 0 saturated heterocycles. The van der Waals surface area contributed by atoms with Gasteiger partial charge < -0.3 is 5.11 Å². The lowest BCUT2D eigenvalue weighted by Crippen LogP contribution is -2.10. The van der Waals surface area contributed by atoms with Gasteiger partial charge in [-0.3, -0.25) is 4.68 Å². The van der Waals surface area contributed by atoms with Gasteiger partial charge in [0.05, 0.1) is 22.5 Å². The Morgan fingerprint density at radius 1 is 1.40 bits per heavy atom. The van der Waals surface area contributed by atoms with E-state index in [0.717, 1.165) is 29.6 Å². The average Bonchev–Trinajstić information content (AvgIpc) is 2.78. The molecule has 20 heavy (non-hydrogen) atoms. The van der Waals surface area contributed by atoms with Crippen LogP contribution in [-0.4, -0.2) is 14.9 Å². The fourth-order valence-electron chi connectivity index (χ4n) is 2.40. The van der Waals surface area contributed by atoms with Crippen molar-refractivity contribution in [1.82, 2.24) is 9.78 Å². The number of nitrogens with zero attached hydrogens (tertiary/aromatic N) is 2. The number of halogens is 1. The molecule has 0 aliphatic carbocycles. The number of benzene rings is 1.